The molecule has 3 N–H and O–H groups in total. The molecule has 0 heterocycles. The second-order valence-corrected chi connectivity index (χ2v) is 6.12. The van der Waals surface area contributed by atoms with Gasteiger partial charge in [0.2, 0.25) is 0 Å². The van der Waals surface area contributed by atoms with Crippen LogP contribution in [0.3, 0.4) is 0 Å². The van der Waals surface area contributed by atoms with Gasteiger partial charge in [0.05, 0.1) is 6.10 Å². The molecular formula is C10H23IN2O. The van der Waals surface area contributed by atoms with Crippen LogP contribution in [-0.4, -0.2) is 40.8 Å². The molecule has 0 aromatic rings. The SMILES string of the molecule is CC(I)CCNCC(O)CNC(C)C. The van der Waals surface area contributed by atoms with Crippen molar-refractivity contribution >= 4 is 22.6 Å². The van der Waals surface area contributed by atoms with Crippen LogP contribution < -0.4 is 10.6 Å². The van der Waals surface area contributed by atoms with E-state index >= 15 is 0 Å². The summed E-state index contributed by atoms with van der Waals surface area (Å²) in [4.78, 5) is 0. The largest absolute Gasteiger partial charge is 0.390 e. The first kappa shape index (κ1) is 14.6. The Hall–Kier alpha value is 0.610. The van der Waals surface area contributed by atoms with E-state index in [-0.39, 0.29) is 6.10 Å². The number of aliphatic hydroxyl groups excluding tert-OH is 1. The highest BCUT2D eigenvalue weighted by atomic mass is 127. The molecule has 14 heavy (non-hydrogen) atoms. The minimum atomic E-state index is -0.276. The van der Waals surface area contributed by atoms with Crippen molar-refractivity contribution in [3.05, 3.63) is 0 Å². The van der Waals surface area contributed by atoms with Gasteiger partial charge in [0, 0.05) is 23.1 Å². The molecule has 0 aliphatic rings. The molecule has 0 amide bonds. The Kier molecular flexibility index (Phi) is 9.27. The fourth-order valence-corrected chi connectivity index (χ4v) is 1.32. The molecule has 0 saturated heterocycles. The lowest BCUT2D eigenvalue weighted by Gasteiger charge is -2.14. The van der Waals surface area contributed by atoms with Gasteiger partial charge >= 0.3 is 0 Å². The van der Waals surface area contributed by atoms with E-state index in [2.05, 4.69) is 54.0 Å². The van der Waals surface area contributed by atoms with E-state index in [0.29, 0.717) is 23.1 Å². The molecule has 0 aromatic carbocycles. The maximum atomic E-state index is 9.54. The van der Waals surface area contributed by atoms with Crippen LogP contribution in [0.5, 0.6) is 0 Å². The number of hydrogen-bond donors (Lipinski definition) is 3. The molecule has 0 rings (SSSR count). The van der Waals surface area contributed by atoms with Gasteiger partial charge in [-0.05, 0) is 13.0 Å². The van der Waals surface area contributed by atoms with Gasteiger partial charge in [0.25, 0.3) is 0 Å². The minimum Gasteiger partial charge on any atom is -0.390 e. The lowest BCUT2D eigenvalue weighted by Crippen LogP contribution is -2.38. The van der Waals surface area contributed by atoms with Gasteiger partial charge in [-0.3, -0.25) is 0 Å². The molecule has 0 aliphatic heterocycles. The summed E-state index contributed by atoms with van der Waals surface area (Å²) in [6.45, 7) is 8.70. The number of halogens is 1. The third-order valence-corrected chi connectivity index (χ3v) is 2.48. The Morgan fingerprint density at radius 3 is 2.36 bits per heavy atom. The van der Waals surface area contributed by atoms with Gasteiger partial charge in [-0.1, -0.05) is 43.4 Å². The summed E-state index contributed by atoms with van der Waals surface area (Å²) >= 11 is 2.41. The Morgan fingerprint density at radius 1 is 1.21 bits per heavy atom. The van der Waals surface area contributed by atoms with Gasteiger partial charge in [0.1, 0.15) is 0 Å². The van der Waals surface area contributed by atoms with Crippen molar-refractivity contribution in [2.45, 2.75) is 43.3 Å². The first-order valence-corrected chi connectivity index (χ1v) is 6.53. The summed E-state index contributed by atoms with van der Waals surface area (Å²) in [7, 11) is 0. The Balaban J connectivity index is 3.22. The van der Waals surface area contributed by atoms with Crippen LogP contribution in [0, 0.1) is 0 Å². The Labute approximate surface area is 101 Å². The van der Waals surface area contributed by atoms with E-state index in [9.17, 15) is 5.11 Å². The predicted octanol–water partition coefficient (Wildman–Crippen LogP) is 1.15. The lowest BCUT2D eigenvalue weighted by molar-refractivity contribution is 0.166. The van der Waals surface area contributed by atoms with E-state index in [1.54, 1.807) is 0 Å². The van der Waals surface area contributed by atoms with Crippen molar-refractivity contribution < 1.29 is 5.11 Å². The summed E-state index contributed by atoms with van der Waals surface area (Å²) in [6.07, 6.45) is 0.882. The maximum absolute atomic E-state index is 9.54. The molecule has 0 spiro atoms. The van der Waals surface area contributed by atoms with E-state index in [1.165, 1.54) is 0 Å². The summed E-state index contributed by atoms with van der Waals surface area (Å²) in [5, 5.41) is 16.0. The molecule has 0 bridgehead atoms. The molecule has 0 aliphatic carbocycles. The Bertz CT molecular complexity index is 131. The highest BCUT2D eigenvalue weighted by Gasteiger charge is 2.04. The number of rotatable bonds is 8. The smallest absolute Gasteiger partial charge is 0.0788 e. The van der Waals surface area contributed by atoms with Crippen LogP contribution in [0.1, 0.15) is 27.2 Å². The zero-order chi connectivity index (χ0) is 11.0. The molecule has 2 atom stereocenters. The number of hydrogen-bond acceptors (Lipinski definition) is 3. The molecule has 0 aromatic heterocycles. The first-order chi connectivity index (χ1) is 6.52. The van der Waals surface area contributed by atoms with Gasteiger partial charge in [-0.25, -0.2) is 0 Å². The van der Waals surface area contributed by atoms with Crippen molar-refractivity contribution in [1.82, 2.24) is 10.6 Å². The summed E-state index contributed by atoms with van der Waals surface area (Å²) in [6, 6.07) is 0.444. The second-order valence-electron chi connectivity index (χ2n) is 3.99. The first-order valence-electron chi connectivity index (χ1n) is 5.28. The molecule has 0 fully saturated rings. The fourth-order valence-electron chi connectivity index (χ4n) is 1.01. The van der Waals surface area contributed by atoms with Gasteiger partial charge in [-0.2, -0.15) is 0 Å². The Morgan fingerprint density at radius 2 is 1.86 bits per heavy atom. The van der Waals surface area contributed by atoms with E-state index < -0.39 is 0 Å². The standard InChI is InChI=1S/C10H23IN2O/c1-8(2)13-7-10(14)6-12-5-4-9(3)11/h8-10,12-14H,4-7H2,1-3H3. The number of aliphatic hydroxyl groups is 1. The highest BCUT2D eigenvalue weighted by molar-refractivity contribution is 14.1. The molecular weight excluding hydrogens is 291 g/mol. The predicted molar refractivity (Wildman–Crippen MR) is 70.1 cm³/mol. The normalized spacial score (nSPS) is 15.9. The molecule has 0 radical (unpaired) electrons. The van der Waals surface area contributed by atoms with E-state index in [1.807, 2.05) is 0 Å². The maximum Gasteiger partial charge on any atom is 0.0788 e. The third-order valence-electron chi connectivity index (χ3n) is 1.86. The molecule has 86 valence electrons. The van der Waals surface area contributed by atoms with Crippen LogP contribution in [0.15, 0.2) is 0 Å². The topological polar surface area (TPSA) is 44.3 Å². The summed E-state index contributed by atoms with van der Waals surface area (Å²) in [5.41, 5.74) is 0. The minimum absolute atomic E-state index is 0.276. The second kappa shape index (κ2) is 8.88. The summed E-state index contributed by atoms with van der Waals surface area (Å²) in [5.74, 6) is 0. The molecule has 2 unspecified atom stereocenters. The zero-order valence-corrected chi connectivity index (χ0v) is 11.5. The average molecular weight is 314 g/mol. The van der Waals surface area contributed by atoms with Crippen LogP contribution in [0.25, 0.3) is 0 Å². The van der Waals surface area contributed by atoms with Crippen molar-refractivity contribution in [2.24, 2.45) is 0 Å². The van der Waals surface area contributed by atoms with Crippen molar-refractivity contribution in [3.8, 4) is 0 Å². The van der Waals surface area contributed by atoms with Gasteiger partial charge < -0.3 is 15.7 Å². The van der Waals surface area contributed by atoms with Crippen molar-refractivity contribution in [2.75, 3.05) is 19.6 Å². The monoisotopic (exact) mass is 314 g/mol. The molecule has 4 heteroatoms. The number of nitrogens with one attached hydrogen (secondary N) is 2. The lowest BCUT2D eigenvalue weighted by atomic mass is 10.3. The van der Waals surface area contributed by atoms with Crippen LogP contribution in [-0.2, 0) is 0 Å². The van der Waals surface area contributed by atoms with E-state index in [0.717, 1.165) is 13.0 Å². The van der Waals surface area contributed by atoms with Crippen molar-refractivity contribution in [3.63, 3.8) is 0 Å². The van der Waals surface area contributed by atoms with Gasteiger partial charge in [-0.15, -0.1) is 0 Å². The highest BCUT2D eigenvalue weighted by Crippen LogP contribution is 2.01. The molecule has 0 saturated carbocycles. The number of alkyl halides is 1. The molecule has 3 nitrogen and oxygen atoms in total. The van der Waals surface area contributed by atoms with Crippen LogP contribution >= 0.6 is 22.6 Å². The summed E-state index contributed by atoms with van der Waals surface area (Å²) < 4.78 is 0.700. The van der Waals surface area contributed by atoms with Gasteiger partial charge in [0.15, 0.2) is 0 Å². The quantitative estimate of drug-likeness (QED) is 0.358. The fraction of sp³-hybridized carbons (Fsp3) is 1.00. The van der Waals surface area contributed by atoms with Crippen LogP contribution in [0.4, 0.5) is 0 Å². The van der Waals surface area contributed by atoms with E-state index in [4.69, 9.17) is 0 Å². The zero-order valence-electron chi connectivity index (χ0n) is 9.39. The average Bonchev–Trinajstić information content (AvgIpc) is 2.08. The third kappa shape index (κ3) is 10.7. The van der Waals surface area contributed by atoms with Crippen molar-refractivity contribution in [1.29, 1.82) is 0 Å². The van der Waals surface area contributed by atoms with Crippen LogP contribution in [0.2, 0.25) is 0 Å².